The number of nitrogens with one attached hydrogen (secondary N) is 1. The third-order valence-corrected chi connectivity index (χ3v) is 3.47. The van der Waals surface area contributed by atoms with E-state index in [2.05, 4.69) is 50.4 Å². The Hall–Kier alpha value is -1.02. The summed E-state index contributed by atoms with van der Waals surface area (Å²) in [7, 11) is 0. The second-order valence-electron chi connectivity index (χ2n) is 5.05. The quantitative estimate of drug-likeness (QED) is 0.639. The molecular formula is C17H29NO. The van der Waals surface area contributed by atoms with Gasteiger partial charge in [0.2, 0.25) is 0 Å². The van der Waals surface area contributed by atoms with E-state index in [1.165, 1.54) is 24.8 Å². The van der Waals surface area contributed by atoms with Crippen LogP contribution in [0, 0.1) is 0 Å². The Labute approximate surface area is 118 Å². The highest BCUT2D eigenvalue weighted by Crippen LogP contribution is 2.13. The minimum absolute atomic E-state index is 0.644. The zero-order valence-electron chi connectivity index (χ0n) is 12.7. The Bertz CT molecular complexity index is 321. The smallest absolute Gasteiger partial charge is 0.119 e. The molecule has 0 fully saturated rings. The highest BCUT2D eigenvalue weighted by Gasteiger charge is 2.04. The average molecular weight is 263 g/mol. The van der Waals surface area contributed by atoms with Gasteiger partial charge >= 0.3 is 0 Å². The second kappa shape index (κ2) is 9.85. The van der Waals surface area contributed by atoms with Crippen molar-refractivity contribution in [2.75, 3.05) is 13.2 Å². The third-order valence-electron chi connectivity index (χ3n) is 3.47. The van der Waals surface area contributed by atoms with Crippen LogP contribution in [0.4, 0.5) is 0 Å². The molecule has 0 saturated heterocycles. The van der Waals surface area contributed by atoms with E-state index in [9.17, 15) is 0 Å². The highest BCUT2D eigenvalue weighted by molar-refractivity contribution is 5.27. The number of rotatable bonds is 10. The molecule has 1 N–H and O–H groups in total. The Morgan fingerprint density at radius 3 is 2.42 bits per heavy atom. The van der Waals surface area contributed by atoms with Gasteiger partial charge in [0.1, 0.15) is 5.75 Å². The van der Waals surface area contributed by atoms with Gasteiger partial charge in [0.25, 0.3) is 0 Å². The molecule has 0 heterocycles. The standard InChI is InChI=1S/C17H29NO/c1-4-13-18-16(6-3)8-7-14-19-17-11-9-15(5-2)10-12-17/h9-12,16,18H,4-8,13-14H2,1-3H3. The lowest BCUT2D eigenvalue weighted by molar-refractivity contribution is 0.294. The van der Waals surface area contributed by atoms with Crippen molar-refractivity contribution in [3.63, 3.8) is 0 Å². The van der Waals surface area contributed by atoms with Crippen LogP contribution < -0.4 is 10.1 Å². The fourth-order valence-corrected chi connectivity index (χ4v) is 2.14. The lowest BCUT2D eigenvalue weighted by Gasteiger charge is -2.16. The van der Waals surface area contributed by atoms with Gasteiger partial charge in [0.05, 0.1) is 6.61 Å². The van der Waals surface area contributed by atoms with Gasteiger partial charge < -0.3 is 10.1 Å². The fraction of sp³-hybridized carbons (Fsp3) is 0.647. The van der Waals surface area contributed by atoms with Crippen molar-refractivity contribution >= 4 is 0 Å². The molecule has 0 aliphatic rings. The van der Waals surface area contributed by atoms with Gasteiger partial charge in [0.15, 0.2) is 0 Å². The molecule has 108 valence electrons. The molecule has 1 aromatic carbocycles. The summed E-state index contributed by atoms with van der Waals surface area (Å²) in [5.74, 6) is 0.992. The van der Waals surface area contributed by atoms with Crippen LogP contribution >= 0.6 is 0 Å². The first-order valence-corrected chi connectivity index (χ1v) is 7.75. The summed E-state index contributed by atoms with van der Waals surface area (Å²) >= 11 is 0. The number of hydrogen-bond acceptors (Lipinski definition) is 2. The fourth-order valence-electron chi connectivity index (χ4n) is 2.14. The van der Waals surface area contributed by atoms with E-state index in [1.807, 2.05) is 0 Å². The molecule has 1 aromatic rings. The maximum absolute atomic E-state index is 5.78. The predicted molar refractivity (Wildman–Crippen MR) is 82.9 cm³/mol. The predicted octanol–water partition coefficient (Wildman–Crippen LogP) is 4.19. The van der Waals surface area contributed by atoms with Gasteiger partial charge in [-0.1, -0.05) is 32.9 Å². The summed E-state index contributed by atoms with van der Waals surface area (Å²) in [6, 6.07) is 9.09. The zero-order chi connectivity index (χ0) is 13.9. The Morgan fingerprint density at radius 1 is 1.11 bits per heavy atom. The van der Waals surface area contributed by atoms with Crippen LogP contribution in [-0.4, -0.2) is 19.2 Å². The van der Waals surface area contributed by atoms with Crippen LogP contribution in [0.1, 0.15) is 52.0 Å². The maximum Gasteiger partial charge on any atom is 0.119 e. The lowest BCUT2D eigenvalue weighted by atomic mass is 10.1. The van der Waals surface area contributed by atoms with Crippen LogP contribution in [-0.2, 0) is 6.42 Å². The number of ether oxygens (including phenoxy) is 1. The van der Waals surface area contributed by atoms with E-state index < -0.39 is 0 Å². The molecule has 0 spiro atoms. The second-order valence-corrected chi connectivity index (χ2v) is 5.05. The summed E-state index contributed by atoms with van der Waals surface area (Å²) in [5, 5.41) is 3.58. The van der Waals surface area contributed by atoms with E-state index in [1.54, 1.807) is 0 Å². The van der Waals surface area contributed by atoms with Crippen molar-refractivity contribution in [3.05, 3.63) is 29.8 Å². The SMILES string of the molecule is CCCNC(CC)CCCOc1ccc(CC)cc1. The van der Waals surface area contributed by atoms with Crippen molar-refractivity contribution in [3.8, 4) is 5.75 Å². The van der Waals surface area contributed by atoms with E-state index >= 15 is 0 Å². The van der Waals surface area contributed by atoms with Gasteiger partial charge in [-0.3, -0.25) is 0 Å². The van der Waals surface area contributed by atoms with Gasteiger partial charge in [0, 0.05) is 6.04 Å². The van der Waals surface area contributed by atoms with Crippen molar-refractivity contribution < 1.29 is 4.74 Å². The lowest BCUT2D eigenvalue weighted by Crippen LogP contribution is -2.29. The molecule has 0 aliphatic carbocycles. The zero-order valence-corrected chi connectivity index (χ0v) is 12.7. The summed E-state index contributed by atoms with van der Waals surface area (Å²) in [4.78, 5) is 0. The Morgan fingerprint density at radius 2 is 1.84 bits per heavy atom. The van der Waals surface area contributed by atoms with Crippen molar-refractivity contribution in [2.45, 2.75) is 58.9 Å². The molecule has 0 saturated carbocycles. The molecule has 1 rings (SSSR count). The van der Waals surface area contributed by atoms with Gasteiger partial charge in [-0.15, -0.1) is 0 Å². The first-order valence-electron chi connectivity index (χ1n) is 7.75. The summed E-state index contributed by atoms with van der Waals surface area (Å²) < 4.78 is 5.78. The molecule has 19 heavy (non-hydrogen) atoms. The molecule has 0 amide bonds. The third kappa shape index (κ3) is 6.63. The topological polar surface area (TPSA) is 21.3 Å². The largest absolute Gasteiger partial charge is 0.494 e. The van der Waals surface area contributed by atoms with Crippen LogP contribution in [0.2, 0.25) is 0 Å². The average Bonchev–Trinajstić information content (AvgIpc) is 2.47. The van der Waals surface area contributed by atoms with Crippen LogP contribution in [0.25, 0.3) is 0 Å². The summed E-state index contributed by atoms with van der Waals surface area (Å²) in [6.45, 7) is 8.57. The number of benzene rings is 1. The van der Waals surface area contributed by atoms with E-state index in [-0.39, 0.29) is 0 Å². The molecule has 2 nitrogen and oxygen atoms in total. The molecule has 0 aliphatic heterocycles. The van der Waals surface area contributed by atoms with Crippen LogP contribution in [0.15, 0.2) is 24.3 Å². The Balaban J connectivity index is 2.18. The van der Waals surface area contributed by atoms with Gasteiger partial charge in [-0.05, 0) is 56.3 Å². The molecule has 1 atom stereocenters. The van der Waals surface area contributed by atoms with Gasteiger partial charge in [-0.25, -0.2) is 0 Å². The highest BCUT2D eigenvalue weighted by atomic mass is 16.5. The number of aryl methyl sites for hydroxylation is 1. The Kier molecular flexibility index (Phi) is 8.31. The maximum atomic E-state index is 5.78. The first-order chi connectivity index (χ1) is 9.30. The molecule has 0 bridgehead atoms. The molecular weight excluding hydrogens is 234 g/mol. The molecule has 0 aromatic heterocycles. The minimum Gasteiger partial charge on any atom is -0.494 e. The van der Waals surface area contributed by atoms with Crippen molar-refractivity contribution in [2.24, 2.45) is 0 Å². The molecule has 1 unspecified atom stereocenters. The van der Waals surface area contributed by atoms with Gasteiger partial charge in [-0.2, -0.15) is 0 Å². The monoisotopic (exact) mass is 263 g/mol. The van der Waals surface area contributed by atoms with Crippen LogP contribution in [0.3, 0.4) is 0 Å². The molecule has 0 radical (unpaired) electrons. The van der Waals surface area contributed by atoms with E-state index in [0.29, 0.717) is 6.04 Å². The van der Waals surface area contributed by atoms with Crippen molar-refractivity contribution in [1.29, 1.82) is 0 Å². The molecule has 2 heteroatoms. The first kappa shape index (κ1) is 16.0. The summed E-state index contributed by atoms with van der Waals surface area (Å²) in [5.41, 5.74) is 1.36. The van der Waals surface area contributed by atoms with Crippen LogP contribution in [0.5, 0.6) is 5.75 Å². The minimum atomic E-state index is 0.644. The van der Waals surface area contributed by atoms with E-state index in [4.69, 9.17) is 4.74 Å². The normalized spacial score (nSPS) is 12.4. The van der Waals surface area contributed by atoms with E-state index in [0.717, 1.165) is 31.7 Å². The number of hydrogen-bond donors (Lipinski definition) is 1. The van der Waals surface area contributed by atoms with Crippen molar-refractivity contribution in [1.82, 2.24) is 5.32 Å². The summed E-state index contributed by atoms with van der Waals surface area (Å²) in [6.07, 6.45) is 5.80.